The first-order valence-corrected chi connectivity index (χ1v) is 7.49. The van der Waals surface area contributed by atoms with Gasteiger partial charge in [0.15, 0.2) is 0 Å². The Balaban J connectivity index is 2.13. The van der Waals surface area contributed by atoms with E-state index in [0.717, 1.165) is 20.7 Å². The van der Waals surface area contributed by atoms with Crippen LogP contribution in [0, 0.1) is 6.92 Å². The molecule has 0 aliphatic rings. The highest BCUT2D eigenvalue weighted by Gasteiger charge is 2.12. The molecule has 2 aromatic rings. The standard InChI is InChI=1S/C13H14BrN3OS/c1-8-2-3-9(14)6-10(8)17-13(18)11-7-19-12(16-11)4-5-15/h2-3,6-7H,4-5,15H2,1H3,(H,17,18). The fourth-order valence-corrected chi connectivity index (χ4v) is 2.72. The van der Waals surface area contributed by atoms with E-state index in [1.807, 2.05) is 25.1 Å². The van der Waals surface area contributed by atoms with E-state index in [2.05, 4.69) is 26.2 Å². The lowest BCUT2D eigenvalue weighted by Gasteiger charge is -2.07. The van der Waals surface area contributed by atoms with Crippen LogP contribution in [0.1, 0.15) is 21.1 Å². The minimum Gasteiger partial charge on any atom is -0.330 e. The molecule has 0 aliphatic carbocycles. The van der Waals surface area contributed by atoms with E-state index in [1.54, 1.807) is 5.38 Å². The number of aromatic nitrogens is 1. The van der Waals surface area contributed by atoms with Crippen molar-refractivity contribution in [3.63, 3.8) is 0 Å². The van der Waals surface area contributed by atoms with Crippen LogP contribution in [0.5, 0.6) is 0 Å². The van der Waals surface area contributed by atoms with Crippen molar-refractivity contribution in [3.8, 4) is 0 Å². The molecule has 4 nitrogen and oxygen atoms in total. The van der Waals surface area contributed by atoms with Gasteiger partial charge in [-0.2, -0.15) is 0 Å². The van der Waals surface area contributed by atoms with Crippen molar-refractivity contribution in [3.05, 3.63) is 44.3 Å². The molecule has 3 N–H and O–H groups in total. The van der Waals surface area contributed by atoms with Crippen molar-refractivity contribution in [1.29, 1.82) is 0 Å². The number of aryl methyl sites for hydroxylation is 1. The van der Waals surface area contributed by atoms with Gasteiger partial charge in [-0.15, -0.1) is 11.3 Å². The molecule has 0 spiro atoms. The largest absolute Gasteiger partial charge is 0.330 e. The average Bonchev–Trinajstić information content (AvgIpc) is 2.83. The third-order valence-corrected chi connectivity index (χ3v) is 3.99. The van der Waals surface area contributed by atoms with E-state index < -0.39 is 0 Å². The molecule has 1 aromatic heterocycles. The Hall–Kier alpha value is -1.24. The summed E-state index contributed by atoms with van der Waals surface area (Å²) in [6.45, 7) is 2.49. The molecular weight excluding hydrogens is 326 g/mol. The van der Waals surface area contributed by atoms with E-state index in [1.165, 1.54) is 11.3 Å². The molecule has 1 amide bonds. The molecule has 0 atom stereocenters. The number of anilines is 1. The van der Waals surface area contributed by atoms with Gasteiger partial charge in [0.05, 0.1) is 5.01 Å². The van der Waals surface area contributed by atoms with Crippen LogP contribution in [-0.2, 0) is 6.42 Å². The fraction of sp³-hybridized carbons (Fsp3) is 0.231. The van der Waals surface area contributed by atoms with Crippen LogP contribution < -0.4 is 11.1 Å². The van der Waals surface area contributed by atoms with Crippen LogP contribution in [0.2, 0.25) is 0 Å². The van der Waals surface area contributed by atoms with Crippen LogP contribution >= 0.6 is 27.3 Å². The zero-order valence-electron chi connectivity index (χ0n) is 10.4. The zero-order valence-corrected chi connectivity index (χ0v) is 12.8. The van der Waals surface area contributed by atoms with Crippen LogP contribution in [-0.4, -0.2) is 17.4 Å². The van der Waals surface area contributed by atoms with Gasteiger partial charge in [-0.3, -0.25) is 4.79 Å². The SMILES string of the molecule is Cc1ccc(Br)cc1NC(=O)c1csc(CCN)n1. The van der Waals surface area contributed by atoms with E-state index >= 15 is 0 Å². The number of rotatable bonds is 4. The Morgan fingerprint density at radius 2 is 2.32 bits per heavy atom. The smallest absolute Gasteiger partial charge is 0.275 e. The molecule has 0 fully saturated rings. The highest BCUT2D eigenvalue weighted by Crippen LogP contribution is 2.21. The summed E-state index contributed by atoms with van der Waals surface area (Å²) in [5.41, 5.74) is 7.70. The summed E-state index contributed by atoms with van der Waals surface area (Å²) in [7, 11) is 0. The fourth-order valence-electron chi connectivity index (χ4n) is 1.57. The second-order valence-corrected chi connectivity index (χ2v) is 5.94. The minimum absolute atomic E-state index is 0.194. The topological polar surface area (TPSA) is 68.0 Å². The van der Waals surface area contributed by atoms with Crippen LogP contribution in [0.4, 0.5) is 5.69 Å². The van der Waals surface area contributed by atoms with E-state index in [0.29, 0.717) is 18.7 Å². The molecule has 0 unspecified atom stereocenters. The number of carbonyl (C=O) groups is 1. The number of hydrogen-bond donors (Lipinski definition) is 2. The zero-order chi connectivity index (χ0) is 13.8. The summed E-state index contributed by atoms with van der Waals surface area (Å²) in [4.78, 5) is 16.3. The average molecular weight is 340 g/mol. The predicted octanol–water partition coefficient (Wildman–Crippen LogP) is 2.97. The van der Waals surface area contributed by atoms with E-state index in [-0.39, 0.29) is 5.91 Å². The summed E-state index contributed by atoms with van der Waals surface area (Å²) in [6, 6.07) is 5.76. The molecule has 2 rings (SSSR count). The maximum Gasteiger partial charge on any atom is 0.275 e. The number of carbonyl (C=O) groups excluding carboxylic acids is 1. The maximum atomic E-state index is 12.1. The molecule has 1 aromatic carbocycles. The molecule has 6 heteroatoms. The minimum atomic E-state index is -0.194. The Morgan fingerprint density at radius 3 is 3.05 bits per heavy atom. The van der Waals surface area contributed by atoms with Gasteiger partial charge in [0.25, 0.3) is 5.91 Å². The lowest BCUT2D eigenvalue weighted by Crippen LogP contribution is -2.13. The molecular formula is C13H14BrN3OS. The van der Waals surface area contributed by atoms with E-state index in [4.69, 9.17) is 5.73 Å². The van der Waals surface area contributed by atoms with Gasteiger partial charge in [-0.05, 0) is 31.2 Å². The molecule has 0 aliphatic heterocycles. The number of thiazole rings is 1. The molecule has 0 bridgehead atoms. The Labute approximate surface area is 124 Å². The van der Waals surface area contributed by atoms with Crippen LogP contribution in [0.15, 0.2) is 28.1 Å². The second kappa shape index (κ2) is 6.27. The number of hydrogen-bond acceptors (Lipinski definition) is 4. The van der Waals surface area contributed by atoms with Crippen molar-refractivity contribution in [1.82, 2.24) is 4.98 Å². The quantitative estimate of drug-likeness (QED) is 0.899. The lowest BCUT2D eigenvalue weighted by molar-refractivity contribution is 0.102. The normalized spacial score (nSPS) is 10.5. The van der Waals surface area contributed by atoms with Crippen LogP contribution in [0.3, 0.4) is 0 Å². The molecule has 0 saturated heterocycles. The monoisotopic (exact) mass is 339 g/mol. The molecule has 100 valence electrons. The number of nitrogens with two attached hydrogens (primary N) is 1. The number of halogens is 1. The molecule has 0 saturated carbocycles. The molecule has 19 heavy (non-hydrogen) atoms. The first-order chi connectivity index (χ1) is 9.10. The van der Waals surface area contributed by atoms with E-state index in [9.17, 15) is 4.79 Å². The summed E-state index contributed by atoms with van der Waals surface area (Å²) < 4.78 is 0.926. The number of benzene rings is 1. The van der Waals surface area contributed by atoms with Crippen LogP contribution in [0.25, 0.3) is 0 Å². The van der Waals surface area contributed by atoms with Gasteiger partial charge in [-0.25, -0.2) is 4.98 Å². The summed E-state index contributed by atoms with van der Waals surface area (Å²) >= 11 is 4.85. The lowest BCUT2D eigenvalue weighted by atomic mass is 10.2. The highest BCUT2D eigenvalue weighted by molar-refractivity contribution is 9.10. The first kappa shape index (κ1) is 14.2. The summed E-state index contributed by atoms with van der Waals surface area (Å²) in [6.07, 6.45) is 0.702. The summed E-state index contributed by atoms with van der Waals surface area (Å²) in [5, 5.41) is 5.51. The van der Waals surface area contributed by atoms with Gasteiger partial charge < -0.3 is 11.1 Å². The first-order valence-electron chi connectivity index (χ1n) is 5.82. The Kier molecular flexibility index (Phi) is 4.68. The molecule has 0 radical (unpaired) electrons. The van der Waals surface area contributed by atoms with Gasteiger partial charge in [0.1, 0.15) is 5.69 Å². The Bertz CT molecular complexity index is 597. The number of amides is 1. The van der Waals surface area contributed by atoms with Crippen molar-refractivity contribution in [2.45, 2.75) is 13.3 Å². The van der Waals surface area contributed by atoms with Gasteiger partial charge in [-0.1, -0.05) is 22.0 Å². The van der Waals surface area contributed by atoms with Gasteiger partial charge in [0.2, 0.25) is 0 Å². The second-order valence-electron chi connectivity index (χ2n) is 4.08. The highest BCUT2D eigenvalue weighted by atomic mass is 79.9. The summed E-state index contributed by atoms with van der Waals surface area (Å²) in [5.74, 6) is -0.194. The predicted molar refractivity (Wildman–Crippen MR) is 81.7 cm³/mol. The third kappa shape index (κ3) is 3.62. The van der Waals surface area contributed by atoms with Crippen molar-refractivity contribution < 1.29 is 4.79 Å². The molecule has 1 heterocycles. The maximum absolute atomic E-state index is 12.1. The van der Waals surface area contributed by atoms with Crippen molar-refractivity contribution in [2.75, 3.05) is 11.9 Å². The van der Waals surface area contributed by atoms with Gasteiger partial charge in [0, 0.05) is 22.0 Å². The Morgan fingerprint density at radius 1 is 1.53 bits per heavy atom. The third-order valence-electron chi connectivity index (χ3n) is 2.59. The number of nitrogens with zero attached hydrogens (tertiary/aromatic N) is 1. The van der Waals surface area contributed by atoms with Gasteiger partial charge >= 0.3 is 0 Å². The van der Waals surface area contributed by atoms with Crippen molar-refractivity contribution in [2.24, 2.45) is 5.73 Å². The number of nitrogens with one attached hydrogen (secondary N) is 1. The van der Waals surface area contributed by atoms with Crippen molar-refractivity contribution >= 4 is 38.9 Å².